The molecule has 0 aliphatic heterocycles. The minimum Gasteiger partial charge on any atom is -0.323 e. The maximum atomic E-state index is 5.24. The first-order chi connectivity index (χ1) is 7.33. The van der Waals surface area contributed by atoms with Gasteiger partial charge >= 0.3 is 0 Å². The van der Waals surface area contributed by atoms with Gasteiger partial charge in [-0.15, -0.1) is 0 Å². The number of nitrogens with two attached hydrogens (primary N) is 1. The minimum atomic E-state index is 0.574. The third-order valence-corrected chi connectivity index (χ3v) is 2.39. The van der Waals surface area contributed by atoms with Gasteiger partial charge in [-0.3, -0.25) is 5.43 Å². The van der Waals surface area contributed by atoms with Gasteiger partial charge in [0.2, 0.25) is 5.95 Å². The summed E-state index contributed by atoms with van der Waals surface area (Å²) in [4.78, 5) is 7.13. The molecule has 0 amide bonds. The van der Waals surface area contributed by atoms with Gasteiger partial charge in [-0.2, -0.15) is 0 Å². The molecule has 0 aliphatic rings. The van der Waals surface area contributed by atoms with E-state index in [-0.39, 0.29) is 0 Å². The summed E-state index contributed by atoms with van der Waals surface area (Å²) in [6.45, 7) is 2.14. The summed E-state index contributed by atoms with van der Waals surface area (Å²) in [7, 11) is 0. The van der Waals surface area contributed by atoms with Crippen molar-refractivity contribution in [1.82, 2.24) is 9.97 Å². The maximum Gasteiger partial charge on any atom is 0.215 e. The second-order valence-corrected chi connectivity index (χ2v) is 3.34. The zero-order valence-corrected chi connectivity index (χ0v) is 8.62. The van der Waals surface area contributed by atoms with Crippen LogP contribution in [0.2, 0.25) is 0 Å². The van der Waals surface area contributed by atoms with E-state index in [1.54, 1.807) is 6.20 Å². The number of hydrogen-bond donors (Lipinski definition) is 3. The van der Waals surface area contributed by atoms with Crippen molar-refractivity contribution in [1.29, 1.82) is 0 Å². The summed E-state index contributed by atoms with van der Waals surface area (Å²) in [5.74, 6) is 5.82. The van der Waals surface area contributed by atoms with Gasteiger partial charge in [0.1, 0.15) is 0 Å². The van der Waals surface area contributed by atoms with Crippen LogP contribution >= 0.6 is 0 Å². The van der Waals surface area contributed by atoms with E-state index in [0.29, 0.717) is 5.95 Å². The molecule has 2 rings (SSSR count). The van der Waals surface area contributed by atoms with Crippen molar-refractivity contribution < 1.29 is 0 Å². The summed E-state index contributed by atoms with van der Waals surface area (Å²) in [5.41, 5.74) is 5.88. The quantitative estimate of drug-likeness (QED) is 0.526. The first kappa shape index (κ1) is 9.73. The van der Waals surface area contributed by atoms with Gasteiger partial charge in [0.25, 0.3) is 0 Å². The highest BCUT2D eigenvalue weighted by Gasteiger charge is 2.01. The fourth-order valence-corrected chi connectivity index (χ4v) is 1.46. The molecule has 0 aliphatic carbocycles. The number of nitrogens with one attached hydrogen (secondary N) is 2. The largest absolute Gasteiger partial charge is 0.323 e. The van der Waals surface area contributed by atoms with Crippen LogP contribution in [0.15, 0.2) is 30.5 Å². The zero-order chi connectivity index (χ0) is 10.7. The molecular weight excluding hydrogens is 188 g/mol. The molecule has 1 aromatic heterocycles. The molecule has 0 unspecified atom stereocenters. The normalized spacial score (nSPS) is 10.3. The third kappa shape index (κ3) is 1.99. The Balaban J connectivity index is 2.28. The van der Waals surface area contributed by atoms with Gasteiger partial charge in [0.15, 0.2) is 0 Å². The number of aryl methyl sites for hydroxylation is 1. The predicted molar refractivity (Wildman–Crippen MR) is 61.2 cm³/mol. The van der Waals surface area contributed by atoms with Crippen molar-refractivity contribution in [3.05, 3.63) is 36.0 Å². The molecule has 15 heavy (non-hydrogen) atoms. The lowest BCUT2D eigenvalue weighted by Gasteiger charge is -1.99. The molecule has 1 heterocycles. The third-order valence-electron chi connectivity index (χ3n) is 2.39. The highest BCUT2D eigenvalue weighted by Crippen LogP contribution is 2.18. The summed E-state index contributed by atoms with van der Waals surface area (Å²) in [5, 5.41) is 0. The fourth-order valence-electron chi connectivity index (χ4n) is 1.46. The second-order valence-electron chi connectivity index (χ2n) is 3.34. The lowest BCUT2D eigenvalue weighted by molar-refractivity contribution is 1.14. The van der Waals surface area contributed by atoms with Crippen LogP contribution in [0.3, 0.4) is 0 Å². The number of H-pyrrole nitrogens is 1. The van der Waals surface area contributed by atoms with E-state index in [0.717, 1.165) is 17.7 Å². The molecule has 0 radical (unpaired) electrons. The van der Waals surface area contributed by atoms with E-state index in [1.807, 2.05) is 0 Å². The van der Waals surface area contributed by atoms with Crippen LogP contribution in [-0.4, -0.2) is 9.97 Å². The molecule has 0 fully saturated rings. The Morgan fingerprint density at radius 3 is 2.60 bits per heavy atom. The Morgan fingerprint density at radius 2 is 2.07 bits per heavy atom. The molecular formula is C11H14N4. The smallest absolute Gasteiger partial charge is 0.215 e. The molecule has 4 heteroatoms. The van der Waals surface area contributed by atoms with Crippen LogP contribution in [0.5, 0.6) is 0 Å². The van der Waals surface area contributed by atoms with E-state index in [9.17, 15) is 0 Å². The average Bonchev–Trinajstić information content (AvgIpc) is 2.78. The number of imidazole rings is 1. The molecule has 1 aromatic carbocycles. The van der Waals surface area contributed by atoms with Crippen LogP contribution in [-0.2, 0) is 6.42 Å². The number of rotatable bonds is 3. The van der Waals surface area contributed by atoms with E-state index in [4.69, 9.17) is 5.84 Å². The molecule has 0 bridgehead atoms. The van der Waals surface area contributed by atoms with Gasteiger partial charge in [-0.25, -0.2) is 10.8 Å². The van der Waals surface area contributed by atoms with Crippen molar-refractivity contribution in [3.8, 4) is 11.3 Å². The Labute approximate surface area is 88.5 Å². The molecule has 2 aromatic rings. The summed E-state index contributed by atoms with van der Waals surface area (Å²) < 4.78 is 0. The van der Waals surface area contributed by atoms with Gasteiger partial charge in [-0.1, -0.05) is 31.2 Å². The molecule has 4 nitrogen and oxygen atoms in total. The van der Waals surface area contributed by atoms with Crippen molar-refractivity contribution in [2.75, 3.05) is 5.43 Å². The minimum absolute atomic E-state index is 0.574. The van der Waals surface area contributed by atoms with E-state index in [2.05, 4.69) is 46.6 Å². The van der Waals surface area contributed by atoms with Gasteiger partial charge in [0.05, 0.1) is 11.9 Å². The Hall–Kier alpha value is -1.81. The zero-order valence-electron chi connectivity index (χ0n) is 8.62. The Morgan fingerprint density at radius 1 is 1.33 bits per heavy atom. The molecule has 0 saturated carbocycles. The summed E-state index contributed by atoms with van der Waals surface area (Å²) >= 11 is 0. The van der Waals surface area contributed by atoms with Gasteiger partial charge < -0.3 is 4.98 Å². The van der Waals surface area contributed by atoms with Crippen molar-refractivity contribution >= 4 is 5.95 Å². The summed E-state index contributed by atoms with van der Waals surface area (Å²) in [6, 6.07) is 8.39. The number of nitrogen functional groups attached to an aromatic ring is 1. The highest BCUT2D eigenvalue weighted by atomic mass is 15.3. The SMILES string of the molecule is CCc1ccc(-c2cnc(NN)[nH]2)cc1. The number of hydrazine groups is 1. The fraction of sp³-hybridized carbons (Fsp3) is 0.182. The molecule has 0 atom stereocenters. The Kier molecular flexibility index (Phi) is 2.69. The number of aromatic nitrogens is 2. The number of aromatic amines is 1. The molecule has 0 saturated heterocycles. The standard InChI is InChI=1S/C11H14N4/c1-2-8-3-5-9(6-4-8)10-7-13-11(14-10)15-12/h3-7H,2,12H2,1H3,(H2,13,14,15). The monoisotopic (exact) mass is 202 g/mol. The lowest BCUT2D eigenvalue weighted by Crippen LogP contribution is -2.07. The van der Waals surface area contributed by atoms with Gasteiger partial charge in [-0.05, 0) is 17.5 Å². The number of hydrogen-bond acceptors (Lipinski definition) is 3. The lowest BCUT2D eigenvalue weighted by atomic mass is 10.1. The van der Waals surface area contributed by atoms with Crippen LogP contribution in [0.25, 0.3) is 11.3 Å². The van der Waals surface area contributed by atoms with E-state index < -0.39 is 0 Å². The maximum absolute atomic E-state index is 5.24. The van der Waals surface area contributed by atoms with Crippen molar-refractivity contribution in [2.24, 2.45) is 5.84 Å². The number of anilines is 1. The van der Waals surface area contributed by atoms with E-state index in [1.165, 1.54) is 5.56 Å². The van der Waals surface area contributed by atoms with Gasteiger partial charge in [0, 0.05) is 0 Å². The second kappa shape index (κ2) is 4.14. The van der Waals surface area contributed by atoms with Crippen LogP contribution in [0.4, 0.5) is 5.95 Å². The van der Waals surface area contributed by atoms with Crippen LogP contribution in [0.1, 0.15) is 12.5 Å². The molecule has 4 N–H and O–H groups in total. The van der Waals surface area contributed by atoms with Crippen LogP contribution in [0, 0.1) is 0 Å². The number of benzene rings is 1. The number of nitrogens with zero attached hydrogens (tertiary/aromatic N) is 1. The van der Waals surface area contributed by atoms with Crippen molar-refractivity contribution in [2.45, 2.75) is 13.3 Å². The van der Waals surface area contributed by atoms with Crippen LogP contribution < -0.4 is 11.3 Å². The predicted octanol–water partition coefficient (Wildman–Crippen LogP) is 1.92. The first-order valence-corrected chi connectivity index (χ1v) is 4.94. The average molecular weight is 202 g/mol. The Bertz CT molecular complexity index is 430. The molecule has 0 spiro atoms. The highest BCUT2D eigenvalue weighted by molar-refractivity contribution is 5.60. The summed E-state index contributed by atoms with van der Waals surface area (Å²) in [6.07, 6.45) is 2.81. The molecule has 78 valence electrons. The van der Waals surface area contributed by atoms with Crippen molar-refractivity contribution in [3.63, 3.8) is 0 Å². The topological polar surface area (TPSA) is 66.7 Å². The van der Waals surface area contributed by atoms with E-state index >= 15 is 0 Å². The first-order valence-electron chi connectivity index (χ1n) is 4.94.